The van der Waals surface area contributed by atoms with E-state index in [1.54, 1.807) is 23.5 Å². The molecule has 30 heavy (non-hydrogen) atoms. The van der Waals surface area contributed by atoms with Gasteiger partial charge in [-0.2, -0.15) is 16.3 Å². The normalized spacial score (nSPS) is 11.1. The van der Waals surface area contributed by atoms with Gasteiger partial charge in [0.2, 0.25) is 5.82 Å². The quantitative estimate of drug-likeness (QED) is 0.324. The Labute approximate surface area is 179 Å². The van der Waals surface area contributed by atoms with Crippen LogP contribution in [0.3, 0.4) is 0 Å². The zero-order chi connectivity index (χ0) is 20.5. The van der Waals surface area contributed by atoms with Gasteiger partial charge in [-0.15, -0.1) is 0 Å². The Morgan fingerprint density at radius 2 is 1.93 bits per heavy atom. The molecule has 3 aromatic heterocycles. The minimum atomic E-state index is -0.452. The molecule has 0 fully saturated rings. The number of hydrogen-bond donors (Lipinski definition) is 0. The lowest BCUT2D eigenvalue weighted by atomic mass is 10.0. The molecule has 6 nitrogen and oxygen atoms in total. The van der Waals surface area contributed by atoms with E-state index < -0.39 is 5.63 Å². The molecule has 0 N–H and O–H groups in total. The molecule has 5 rings (SSSR count). The summed E-state index contributed by atoms with van der Waals surface area (Å²) in [7, 11) is 0. The van der Waals surface area contributed by atoms with Crippen molar-refractivity contribution < 1.29 is 13.7 Å². The van der Waals surface area contributed by atoms with E-state index in [1.807, 2.05) is 47.2 Å². The first-order valence-corrected chi connectivity index (χ1v) is 10.3. The molecular formula is C22H13ClN2O4S. The molecule has 0 aliphatic heterocycles. The van der Waals surface area contributed by atoms with Gasteiger partial charge in [0.05, 0.1) is 5.02 Å². The number of aromatic nitrogens is 2. The van der Waals surface area contributed by atoms with E-state index in [4.69, 9.17) is 25.3 Å². The van der Waals surface area contributed by atoms with Crippen molar-refractivity contribution in [2.45, 2.75) is 6.61 Å². The zero-order valence-electron chi connectivity index (χ0n) is 15.4. The Kier molecular flexibility index (Phi) is 4.82. The Morgan fingerprint density at radius 3 is 2.73 bits per heavy atom. The van der Waals surface area contributed by atoms with Gasteiger partial charge in [0.25, 0.3) is 5.89 Å². The van der Waals surface area contributed by atoms with Crippen LogP contribution in [0.5, 0.6) is 5.75 Å². The monoisotopic (exact) mass is 436 g/mol. The highest BCUT2D eigenvalue weighted by molar-refractivity contribution is 7.08. The van der Waals surface area contributed by atoms with Crippen LogP contribution < -0.4 is 10.4 Å². The number of hydrogen-bond acceptors (Lipinski definition) is 7. The van der Waals surface area contributed by atoms with Gasteiger partial charge in [-0.25, -0.2) is 4.79 Å². The summed E-state index contributed by atoms with van der Waals surface area (Å²) in [5, 5.41) is 8.92. The van der Waals surface area contributed by atoms with Crippen molar-refractivity contribution in [2.75, 3.05) is 0 Å². The fourth-order valence-electron chi connectivity index (χ4n) is 3.09. The molecule has 0 radical (unpaired) electrons. The van der Waals surface area contributed by atoms with Crippen LogP contribution in [0.4, 0.5) is 0 Å². The smallest absolute Gasteiger partial charge is 0.336 e. The second-order valence-corrected chi connectivity index (χ2v) is 7.62. The van der Waals surface area contributed by atoms with Crippen LogP contribution in [-0.4, -0.2) is 10.1 Å². The molecule has 0 saturated heterocycles. The maximum Gasteiger partial charge on any atom is 0.336 e. The summed E-state index contributed by atoms with van der Waals surface area (Å²) in [6.07, 6.45) is 0. The fraction of sp³-hybridized carbons (Fsp3) is 0.0455. The summed E-state index contributed by atoms with van der Waals surface area (Å²) in [6.45, 7) is 0.0327. The molecule has 0 bridgehead atoms. The van der Waals surface area contributed by atoms with Crippen LogP contribution in [-0.2, 0) is 6.61 Å². The van der Waals surface area contributed by atoms with E-state index in [9.17, 15) is 4.79 Å². The number of fused-ring (bicyclic) bond motifs is 1. The van der Waals surface area contributed by atoms with Gasteiger partial charge in [-0.1, -0.05) is 47.1 Å². The molecule has 0 saturated carbocycles. The molecule has 148 valence electrons. The van der Waals surface area contributed by atoms with Crippen LogP contribution in [0.15, 0.2) is 79.1 Å². The van der Waals surface area contributed by atoms with E-state index in [2.05, 4.69) is 10.1 Å². The van der Waals surface area contributed by atoms with Crippen molar-refractivity contribution >= 4 is 33.9 Å². The average molecular weight is 437 g/mol. The number of rotatable bonds is 5. The molecule has 0 unspecified atom stereocenters. The first-order valence-electron chi connectivity index (χ1n) is 8.98. The second kappa shape index (κ2) is 7.78. The lowest BCUT2D eigenvalue weighted by Crippen LogP contribution is -2.00. The van der Waals surface area contributed by atoms with Crippen LogP contribution >= 0.6 is 22.9 Å². The first-order chi connectivity index (χ1) is 14.7. The molecule has 0 aliphatic carbocycles. The van der Waals surface area contributed by atoms with Crippen molar-refractivity contribution in [3.05, 3.63) is 86.7 Å². The number of halogens is 1. The van der Waals surface area contributed by atoms with Gasteiger partial charge >= 0.3 is 5.63 Å². The predicted molar refractivity (Wildman–Crippen MR) is 115 cm³/mol. The van der Waals surface area contributed by atoms with Crippen molar-refractivity contribution in [1.82, 2.24) is 10.1 Å². The van der Waals surface area contributed by atoms with Crippen LogP contribution in [0.2, 0.25) is 5.02 Å². The molecule has 5 aromatic rings. The molecule has 0 amide bonds. The van der Waals surface area contributed by atoms with Crippen molar-refractivity contribution in [3.8, 4) is 28.3 Å². The first kappa shape index (κ1) is 18.6. The maximum absolute atomic E-state index is 12.1. The molecule has 3 heterocycles. The Balaban J connectivity index is 1.46. The van der Waals surface area contributed by atoms with Crippen LogP contribution in [0, 0.1) is 0 Å². The van der Waals surface area contributed by atoms with E-state index in [0.717, 1.165) is 22.1 Å². The summed E-state index contributed by atoms with van der Waals surface area (Å²) >= 11 is 8.00. The van der Waals surface area contributed by atoms with Gasteiger partial charge in [0.15, 0.2) is 6.61 Å². The highest BCUT2D eigenvalue weighted by Crippen LogP contribution is 2.35. The lowest BCUT2D eigenvalue weighted by Gasteiger charge is -2.10. The third kappa shape index (κ3) is 3.60. The summed E-state index contributed by atoms with van der Waals surface area (Å²) in [5.74, 6) is 1.16. The summed E-state index contributed by atoms with van der Waals surface area (Å²) in [4.78, 5) is 16.4. The van der Waals surface area contributed by atoms with E-state index in [0.29, 0.717) is 28.1 Å². The molecule has 8 heteroatoms. The standard InChI is InChI=1S/C22H13ClN2O4S/c23-17-8-16-15(13-4-2-1-3-5-13)9-21(26)28-18(16)10-19(17)27-11-20-24-22(25-29-20)14-6-7-30-12-14/h1-10,12H,11H2. The van der Waals surface area contributed by atoms with E-state index in [-0.39, 0.29) is 6.61 Å². The van der Waals surface area contributed by atoms with Gasteiger partial charge in [0.1, 0.15) is 11.3 Å². The Bertz CT molecular complexity index is 1380. The van der Waals surface area contributed by atoms with E-state index in [1.165, 1.54) is 6.07 Å². The summed E-state index contributed by atoms with van der Waals surface area (Å²) in [5.41, 5.74) is 2.45. The molecule has 0 aliphatic rings. The van der Waals surface area contributed by atoms with Gasteiger partial charge in [-0.3, -0.25) is 0 Å². The van der Waals surface area contributed by atoms with Crippen molar-refractivity contribution in [1.29, 1.82) is 0 Å². The number of thiophene rings is 1. The number of benzene rings is 2. The zero-order valence-corrected chi connectivity index (χ0v) is 16.9. The van der Waals surface area contributed by atoms with Crippen LogP contribution in [0.1, 0.15) is 5.89 Å². The largest absolute Gasteiger partial charge is 0.482 e. The highest BCUT2D eigenvalue weighted by Gasteiger charge is 2.14. The van der Waals surface area contributed by atoms with Crippen LogP contribution in [0.25, 0.3) is 33.5 Å². The van der Waals surface area contributed by atoms with E-state index >= 15 is 0 Å². The number of ether oxygens (including phenoxy) is 1. The topological polar surface area (TPSA) is 78.4 Å². The Hall–Kier alpha value is -3.42. The predicted octanol–water partition coefficient (Wildman–Crippen LogP) is 5.80. The molecule has 0 spiro atoms. The van der Waals surface area contributed by atoms with Gasteiger partial charge in [0, 0.05) is 28.5 Å². The van der Waals surface area contributed by atoms with Gasteiger partial charge < -0.3 is 13.7 Å². The second-order valence-electron chi connectivity index (χ2n) is 6.44. The van der Waals surface area contributed by atoms with Crippen molar-refractivity contribution in [2.24, 2.45) is 0 Å². The highest BCUT2D eigenvalue weighted by atomic mass is 35.5. The molecular weight excluding hydrogens is 424 g/mol. The average Bonchev–Trinajstić information content (AvgIpc) is 3.44. The minimum Gasteiger partial charge on any atom is -0.482 e. The molecule has 2 aromatic carbocycles. The third-order valence-electron chi connectivity index (χ3n) is 4.48. The lowest BCUT2D eigenvalue weighted by molar-refractivity contribution is 0.243. The maximum atomic E-state index is 12.1. The fourth-order valence-corrected chi connectivity index (χ4v) is 3.94. The SMILES string of the molecule is O=c1cc(-c2ccccc2)c2cc(Cl)c(OCc3nc(-c4ccsc4)no3)cc2o1. The van der Waals surface area contributed by atoms with Crippen molar-refractivity contribution in [3.63, 3.8) is 0 Å². The molecule has 0 atom stereocenters. The van der Waals surface area contributed by atoms with Gasteiger partial charge in [-0.05, 0) is 28.6 Å². The minimum absolute atomic E-state index is 0.0327. The Morgan fingerprint density at radius 1 is 1.07 bits per heavy atom. The number of nitrogens with zero attached hydrogens (tertiary/aromatic N) is 2. The third-order valence-corrected chi connectivity index (χ3v) is 5.46. The summed E-state index contributed by atoms with van der Waals surface area (Å²) in [6, 6.07) is 16.3. The summed E-state index contributed by atoms with van der Waals surface area (Å²) < 4.78 is 16.4.